The minimum Gasteiger partial charge on any atom is -0.412 e. The van der Waals surface area contributed by atoms with E-state index in [0.717, 1.165) is 29.9 Å². The highest BCUT2D eigenvalue weighted by molar-refractivity contribution is 6.30. The van der Waals surface area contributed by atoms with Crippen LogP contribution in [-0.4, -0.2) is 49.9 Å². The van der Waals surface area contributed by atoms with Crippen LogP contribution in [0.4, 0.5) is 0 Å². The molecular weight excluding hydrogens is 356 g/mol. The number of hydrogen-bond donors (Lipinski definition) is 0. The highest BCUT2D eigenvalue weighted by atomic mass is 35.5. The first kappa shape index (κ1) is 21.6. The first-order valence-corrected chi connectivity index (χ1v) is 8.29. The molecule has 1 aromatic carbocycles. The summed E-state index contributed by atoms with van der Waals surface area (Å²) in [5, 5.41) is 0.665. The second kappa shape index (κ2) is 9.28. The lowest BCUT2D eigenvalue weighted by Crippen LogP contribution is -2.31. The van der Waals surface area contributed by atoms with Gasteiger partial charge in [-0.25, -0.2) is 9.97 Å². The van der Waals surface area contributed by atoms with Crippen molar-refractivity contribution in [3.05, 3.63) is 47.6 Å². The molecule has 2 heterocycles. The fourth-order valence-electron chi connectivity index (χ4n) is 2.64. The molecule has 1 amide bonds. The Morgan fingerprint density at radius 2 is 1.88 bits per heavy atom. The van der Waals surface area contributed by atoms with E-state index >= 15 is 0 Å². The Labute approximate surface area is 156 Å². The van der Waals surface area contributed by atoms with Gasteiger partial charge in [0.2, 0.25) is 5.91 Å². The Balaban J connectivity index is 0.00000169. The molecule has 0 aliphatic heterocycles. The number of pyridine rings is 1. The monoisotopic (exact) mass is 378 g/mol. The Kier molecular flexibility index (Phi) is 7.70. The van der Waals surface area contributed by atoms with Crippen molar-refractivity contribution < 1.29 is 15.7 Å². The number of benzene rings is 1. The predicted octanol–water partition coefficient (Wildman–Crippen LogP) is 1.97. The molecule has 0 bridgehead atoms. The van der Waals surface area contributed by atoms with Crippen LogP contribution in [0.15, 0.2) is 42.6 Å². The number of imidazole rings is 1. The standard InChI is InChI=1S/C18H19ClN4O.2H2O/c1-3-11-22(2)16(24)12-23-17(13-6-8-14(19)9-7-13)21-15-5-4-10-20-18(15)23;;/h4-10H,3,11-12H2,1-2H3;2*1H2. The Morgan fingerprint density at radius 1 is 1.19 bits per heavy atom. The van der Waals surface area contributed by atoms with Crippen molar-refractivity contribution in [2.45, 2.75) is 19.9 Å². The van der Waals surface area contributed by atoms with Gasteiger partial charge in [-0.15, -0.1) is 0 Å². The van der Waals surface area contributed by atoms with Gasteiger partial charge in [0.25, 0.3) is 0 Å². The van der Waals surface area contributed by atoms with Crippen LogP contribution in [0.3, 0.4) is 0 Å². The molecule has 7 nitrogen and oxygen atoms in total. The second-order valence-electron chi connectivity index (χ2n) is 5.69. The maximum Gasteiger partial charge on any atom is 0.242 e. The topological polar surface area (TPSA) is 114 Å². The van der Waals surface area contributed by atoms with Crippen LogP contribution < -0.4 is 0 Å². The molecule has 0 aliphatic rings. The van der Waals surface area contributed by atoms with Crippen LogP contribution >= 0.6 is 11.6 Å². The number of likely N-dealkylation sites (N-methyl/N-ethyl adjacent to an activating group) is 1. The van der Waals surface area contributed by atoms with Crippen LogP contribution in [0.2, 0.25) is 5.02 Å². The van der Waals surface area contributed by atoms with Gasteiger partial charge in [-0.3, -0.25) is 9.36 Å². The van der Waals surface area contributed by atoms with Gasteiger partial charge >= 0.3 is 0 Å². The molecule has 0 fully saturated rings. The van der Waals surface area contributed by atoms with Gasteiger partial charge in [-0.05, 0) is 42.8 Å². The summed E-state index contributed by atoms with van der Waals surface area (Å²) in [7, 11) is 1.82. The van der Waals surface area contributed by atoms with Crippen LogP contribution in [0, 0.1) is 0 Å². The van der Waals surface area contributed by atoms with Crippen molar-refractivity contribution in [2.24, 2.45) is 0 Å². The number of fused-ring (bicyclic) bond motifs is 1. The third-order valence-electron chi connectivity index (χ3n) is 3.88. The lowest BCUT2D eigenvalue weighted by atomic mass is 10.2. The van der Waals surface area contributed by atoms with Crippen LogP contribution in [0.1, 0.15) is 13.3 Å². The molecule has 3 aromatic rings. The zero-order valence-electron chi connectivity index (χ0n) is 14.7. The molecule has 140 valence electrons. The van der Waals surface area contributed by atoms with E-state index in [4.69, 9.17) is 11.6 Å². The van der Waals surface area contributed by atoms with E-state index in [1.54, 1.807) is 11.1 Å². The first-order valence-electron chi connectivity index (χ1n) is 7.91. The van der Waals surface area contributed by atoms with Gasteiger partial charge in [-0.1, -0.05) is 18.5 Å². The van der Waals surface area contributed by atoms with E-state index in [0.29, 0.717) is 10.7 Å². The molecule has 0 atom stereocenters. The summed E-state index contributed by atoms with van der Waals surface area (Å²) in [6.45, 7) is 2.99. The first-order chi connectivity index (χ1) is 11.6. The molecule has 3 rings (SSSR count). The number of halogens is 1. The fourth-order valence-corrected chi connectivity index (χ4v) is 2.77. The van der Waals surface area contributed by atoms with Gasteiger partial charge in [0.15, 0.2) is 5.65 Å². The summed E-state index contributed by atoms with van der Waals surface area (Å²) in [4.78, 5) is 23.3. The molecule has 0 aliphatic carbocycles. The molecular formula is C18H23ClN4O3. The Hall–Kier alpha value is -2.48. The molecule has 0 spiro atoms. The Bertz CT molecular complexity index is 865. The van der Waals surface area contributed by atoms with E-state index in [1.165, 1.54) is 0 Å². The van der Waals surface area contributed by atoms with E-state index in [2.05, 4.69) is 16.9 Å². The van der Waals surface area contributed by atoms with Crippen LogP contribution in [0.25, 0.3) is 22.6 Å². The number of amides is 1. The van der Waals surface area contributed by atoms with Gasteiger partial charge in [0.1, 0.15) is 17.9 Å². The molecule has 26 heavy (non-hydrogen) atoms. The van der Waals surface area contributed by atoms with Crippen molar-refractivity contribution in [1.82, 2.24) is 19.4 Å². The molecule has 4 N–H and O–H groups in total. The summed E-state index contributed by atoms with van der Waals surface area (Å²) >= 11 is 5.98. The second-order valence-corrected chi connectivity index (χ2v) is 6.13. The van der Waals surface area contributed by atoms with Gasteiger partial charge in [0.05, 0.1) is 0 Å². The maximum absolute atomic E-state index is 12.5. The average Bonchev–Trinajstić information content (AvgIpc) is 2.94. The fraction of sp³-hybridized carbons (Fsp3) is 0.278. The third-order valence-corrected chi connectivity index (χ3v) is 4.14. The smallest absolute Gasteiger partial charge is 0.242 e. The highest BCUT2D eigenvalue weighted by Crippen LogP contribution is 2.25. The molecule has 2 aromatic heterocycles. The van der Waals surface area contributed by atoms with Crippen molar-refractivity contribution >= 4 is 28.7 Å². The minimum absolute atomic E-state index is 0. The van der Waals surface area contributed by atoms with Crippen molar-refractivity contribution in [2.75, 3.05) is 13.6 Å². The summed E-state index contributed by atoms with van der Waals surface area (Å²) in [6, 6.07) is 11.2. The number of carbonyl (C=O) groups is 1. The molecule has 0 unspecified atom stereocenters. The summed E-state index contributed by atoms with van der Waals surface area (Å²) in [5.41, 5.74) is 2.39. The van der Waals surface area contributed by atoms with Crippen molar-refractivity contribution in [3.8, 4) is 11.4 Å². The van der Waals surface area contributed by atoms with E-state index < -0.39 is 0 Å². The normalized spacial score (nSPS) is 10.1. The Morgan fingerprint density at radius 3 is 2.54 bits per heavy atom. The van der Waals surface area contributed by atoms with E-state index in [1.807, 2.05) is 48.0 Å². The van der Waals surface area contributed by atoms with E-state index in [9.17, 15) is 4.79 Å². The van der Waals surface area contributed by atoms with Gasteiger partial charge in [0, 0.05) is 30.4 Å². The van der Waals surface area contributed by atoms with Crippen molar-refractivity contribution in [3.63, 3.8) is 0 Å². The number of nitrogens with zero attached hydrogens (tertiary/aromatic N) is 4. The van der Waals surface area contributed by atoms with Crippen LogP contribution in [0.5, 0.6) is 0 Å². The SMILES string of the molecule is CCCN(C)C(=O)Cn1c(-c2ccc(Cl)cc2)nc2cccnc21.O.O. The lowest BCUT2D eigenvalue weighted by molar-refractivity contribution is -0.130. The average molecular weight is 379 g/mol. The summed E-state index contributed by atoms with van der Waals surface area (Å²) in [6.07, 6.45) is 2.64. The maximum atomic E-state index is 12.5. The number of carbonyl (C=O) groups excluding carboxylic acids is 1. The van der Waals surface area contributed by atoms with Crippen molar-refractivity contribution in [1.29, 1.82) is 0 Å². The third kappa shape index (κ3) is 4.37. The molecule has 8 heteroatoms. The predicted molar refractivity (Wildman–Crippen MR) is 103 cm³/mol. The molecule has 0 saturated carbocycles. The quantitative estimate of drug-likeness (QED) is 0.675. The zero-order valence-corrected chi connectivity index (χ0v) is 15.5. The number of aromatic nitrogens is 3. The minimum atomic E-state index is 0. The lowest BCUT2D eigenvalue weighted by Gasteiger charge is -2.17. The largest absolute Gasteiger partial charge is 0.412 e. The number of rotatable bonds is 5. The summed E-state index contributed by atoms with van der Waals surface area (Å²) < 4.78 is 1.87. The molecule has 0 radical (unpaired) electrons. The summed E-state index contributed by atoms with van der Waals surface area (Å²) in [5.74, 6) is 0.760. The van der Waals surface area contributed by atoms with Crippen LogP contribution in [-0.2, 0) is 11.3 Å². The highest BCUT2D eigenvalue weighted by Gasteiger charge is 2.17. The van der Waals surface area contributed by atoms with E-state index in [-0.39, 0.29) is 23.4 Å². The number of hydrogen-bond acceptors (Lipinski definition) is 3. The van der Waals surface area contributed by atoms with Gasteiger partial charge in [-0.2, -0.15) is 0 Å². The zero-order chi connectivity index (χ0) is 17.1. The van der Waals surface area contributed by atoms with Gasteiger partial charge < -0.3 is 15.9 Å². The molecule has 0 saturated heterocycles.